The van der Waals surface area contributed by atoms with Gasteiger partial charge in [-0.25, -0.2) is 13.4 Å². The van der Waals surface area contributed by atoms with E-state index >= 15 is 0 Å². The fourth-order valence-electron chi connectivity index (χ4n) is 3.29. The van der Waals surface area contributed by atoms with E-state index in [2.05, 4.69) is 68.7 Å². The first-order chi connectivity index (χ1) is 14.7. The number of benzene rings is 2. The van der Waals surface area contributed by atoms with Gasteiger partial charge in [0.2, 0.25) is 16.2 Å². The van der Waals surface area contributed by atoms with Crippen molar-refractivity contribution in [2.45, 2.75) is 19.9 Å². The largest absolute Gasteiger partial charge is 0.726 e. The van der Waals surface area contributed by atoms with E-state index in [1.54, 1.807) is 0 Å². The highest BCUT2D eigenvalue weighted by Gasteiger charge is 2.32. The molecule has 31 heavy (non-hydrogen) atoms. The standard InChI is InChI=1S/C20H21N5.CH4O4S/c1-14-13-19(25(24(14)3)16-9-5-4-6-10-16)22-23-20-15(2)21-18-12-8-7-11-17(18)20;1-5-6(2,3)4/h4-14,21H,1-3H3;1H3,(H,2,3,4). The van der Waals surface area contributed by atoms with Crippen molar-refractivity contribution < 1.29 is 22.2 Å². The molecule has 10 heteroatoms. The normalized spacial score (nSPS) is 18.9. The Kier molecular flexibility index (Phi) is 6.86. The zero-order valence-corrected chi connectivity index (χ0v) is 18.6. The number of quaternary nitrogens is 1. The maximum Gasteiger partial charge on any atom is 0.217 e. The molecule has 0 bridgehead atoms. The highest BCUT2D eigenvalue weighted by Crippen LogP contribution is 2.31. The SMILES string of the molecule is COS(=O)(=O)[O-].Cc1[nH]c2ccccc2c1N=NC1=CC(C)[NH+](C)N1c1ccccc1. The first-order valence-electron chi connectivity index (χ1n) is 9.62. The second-order valence-electron chi connectivity index (χ2n) is 7.04. The third-order valence-electron chi connectivity index (χ3n) is 4.97. The molecule has 0 fully saturated rings. The summed E-state index contributed by atoms with van der Waals surface area (Å²) < 4.78 is 31.0. The molecule has 3 aromatic rings. The minimum absolute atomic E-state index is 0.346. The predicted molar refractivity (Wildman–Crippen MR) is 118 cm³/mol. The molecule has 0 aliphatic carbocycles. The summed E-state index contributed by atoms with van der Waals surface area (Å²) in [5.41, 5.74) is 4.14. The third-order valence-corrected chi connectivity index (χ3v) is 5.38. The second kappa shape index (κ2) is 9.40. The summed E-state index contributed by atoms with van der Waals surface area (Å²) in [4.78, 5) is 3.37. The molecule has 2 heterocycles. The van der Waals surface area contributed by atoms with Crippen molar-refractivity contribution in [2.75, 3.05) is 19.2 Å². The van der Waals surface area contributed by atoms with Crippen LogP contribution >= 0.6 is 0 Å². The molecule has 1 aromatic heterocycles. The van der Waals surface area contributed by atoms with Gasteiger partial charge in [0.05, 0.1) is 19.8 Å². The van der Waals surface area contributed by atoms with Crippen molar-refractivity contribution in [2.24, 2.45) is 10.2 Å². The van der Waals surface area contributed by atoms with Crippen molar-refractivity contribution in [3.8, 4) is 0 Å². The number of fused-ring (bicyclic) bond motifs is 1. The Morgan fingerprint density at radius 3 is 2.35 bits per heavy atom. The molecule has 2 N–H and O–H groups in total. The van der Waals surface area contributed by atoms with Gasteiger partial charge >= 0.3 is 0 Å². The molecule has 0 saturated heterocycles. The summed E-state index contributed by atoms with van der Waals surface area (Å²) in [6.45, 7) is 4.22. The average Bonchev–Trinajstić information content (AvgIpc) is 3.22. The number of nitrogens with zero attached hydrogens (tertiary/aromatic N) is 3. The fourth-order valence-corrected chi connectivity index (χ4v) is 3.29. The van der Waals surface area contributed by atoms with Gasteiger partial charge in [-0.1, -0.05) is 36.4 Å². The van der Waals surface area contributed by atoms with Crippen LogP contribution in [-0.4, -0.2) is 38.2 Å². The number of azo groups is 1. The lowest BCUT2D eigenvalue weighted by molar-refractivity contribution is -0.896. The van der Waals surface area contributed by atoms with Gasteiger partial charge in [-0.2, -0.15) is 5.01 Å². The number of aromatic nitrogens is 1. The van der Waals surface area contributed by atoms with Gasteiger partial charge in [0.25, 0.3) is 0 Å². The molecule has 1 aliphatic rings. The van der Waals surface area contributed by atoms with Gasteiger partial charge in [-0.05, 0) is 32.0 Å². The molecule has 164 valence electrons. The molecule has 0 amide bonds. The molecule has 9 nitrogen and oxygen atoms in total. The van der Waals surface area contributed by atoms with E-state index in [0.29, 0.717) is 6.04 Å². The molecule has 1 aliphatic heterocycles. The van der Waals surface area contributed by atoms with Crippen LogP contribution < -0.4 is 10.0 Å². The second-order valence-corrected chi connectivity index (χ2v) is 8.19. The molecule has 4 rings (SSSR count). The summed E-state index contributed by atoms with van der Waals surface area (Å²) >= 11 is 0. The van der Waals surface area contributed by atoms with Crippen LogP contribution in [0.3, 0.4) is 0 Å². The number of aryl methyl sites for hydroxylation is 1. The zero-order chi connectivity index (χ0) is 22.6. The lowest BCUT2D eigenvalue weighted by Crippen LogP contribution is -3.17. The molecular weight excluding hydrogens is 418 g/mol. The summed E-state index contributed by atoms with van der Waals surface area (Å²) in [7, 11) is -1.46. The van der Waals surface area contributed by atoms with Crippen molar-refractivity contribution in [1.29, 1.82) is 0 Å². The third kappa shape index (κ3) is 5.36. The van der Waals surface area contributed by atoms with Crippen LogP contribution in [0.2, 0.25) is 0 Å². The van der Waals surface area contributed by atoms with Gasteiger partial charge in [-0.15, -0.1) is 10.2 Å². The van der Waals surface area contributed by atoms with Crippen LogP contribution in [0.25, 0.3) is 10.9 Å². The van der Waals surface area contributed by atoms with E-state index in [9.17, 15) is 13.0 Å². The van der Waals surface area contributed by atoms with E-state index in [4.69, 9.17) is 0 Å². The topological polar surface area (TPSA) is 115 Å². The zero-order valence-electron chi connectivity index (χ0n) is 17.7. The van der Waals surface area contributed by atoms with Crippen molar-refractivity contribution in [3.63, 3.8) is 0 Å². The van der Waals surface area contributed by atoms with Crippen LogP contribution in [0.1, 0.15) is 12.6 Å². The average molecular weight is 444 g/mol. The number of hydrogen-bond acceptors (Lipinski definition) is 7. The van der Waals surface area contributed by atoms with Crippen molar-refractivity contribution in [3.05, 3.63) is 72.2 Å². The Balaban J connectivity index is 0.000000401. The summed E-state index contributed by atoms with van der Waals surface area (Å²) in [6.07, 6.45) is 2.16. The molecule has 0 radical (unpaired) electrons. The number of H-pyrrole nitrogens is 1. The van der Waals surface area contributed by atoms with Gasteiger partial charge in [0.1, 0.15) is 11.7 Å². The van der Waals surface area contributed by atoms with Crippen LogP contribution in [-0.2, 0) is 14.6 Å². The molecule has 2 aromatic carbocycles. The summed E-state index contributed by atoms with van der Waals surface area (Å²) in [5, 5.41) is 13.7. The van der Waals surface area contributed by atoms with E-state index in [0.717, 1.165) is 40.9 Å². The Labute approximate surface area is 181 Å². The smallest absolute Gasteiger partial charge is 0.217 e. The fraction of sp³-hybridized carbons (Fsp3) is 0.238. The van der Waals surface area contributed by atoms with Gasteiger partial charge in [-0.3, -0.25) is 4.18 Å². The molecular formula is C21H25N5O4S. The number of rotatable bonds is 4. The Morgan fingerprint density at radius 2 is 1.71 bits per heavy atom. The van der Waals surface area contributed by atoms with Crippen LogP contribution in [0.4, 0.5) is 11.4 Å². The number of hydrogen-bond donors (Lipinski definition) is 2. The molecule has 2 unspecified atom stereocenters. The number of nitrogens with one attached hydrogen (secondary N) is 2. The van der Waals surface area contributed by atoms with Crippen molar-refractivity contribution in [1.82, 2.24) is 4.98 Å². The van der Waals surface area contributed by atoms with E-state index in [1.807, 2.05) is 37.3 Å². The van der Waals surface area contributed by atoms with E-state index in [-0.39, 0.29) is 0 Å². The Hall–Kier alpha value is -3.05. The maximum atomic E-state index is 9.22. The van der Waals surface area contributed by atoms with Crippen molar-refractivity contribution >= 4 is 32.7 Å². The summed E-state index contributed by atoms with van der Waals surface area (Å²) in [6, 6.07) is 18.8. The van der Waals surface area contributed by atoms with Gasteiger partial charge < -0.3 is 9.54 Å². The molecule has 0 saturated carbocycles. The molecule has 0 spiro atoms. The number of aromatic amines is 1. The number of likely N-dealkylation sites (N-methyl/N-ethyl adjacent to an activating group) is 1. The monoisotopic (exact) mass is 443 g/mol. The first kappa shape index (κ1) is 22.6. The van der Waals surface area contributed by atoms with E-state index in [1.165, 1.54) is 5.01 Å². The molecule has 2 atom stereocenters. The minimum atomic E-state index is -4.41. The van der Waals surface area contributed by atoms with Gasteiger partial charge in [0, 0.05) is 22.7 Å². The highest BCUT2D eigenvalue weighted by atomic mass is 32.3. The van der Waals surface area contributed by atoms with Crippen LogP contribution in [0.15, 0.2) is 76.7 Å². The summed E-state index contributed by atoms with van der Waals surface area (Å²) in [5.74, 6) is 0.876. The predicted octanol–water partition coefficient (Wildman–Crippen LogP) is 2.83. The van der Waals surface area contributed by atoms with Crippen LogP contribution in [0.5, 0.6) is 0 Å². The number of para-hydroxylation sites is 2. The minimum Gasteiger partial charge on any atom is -0.726 e. The Bertz CT molecular complexity index is 1200. The van der Waals surface area contributed by atoms with Gasteiger partial charge in [0.15, 0.2) is 0 Å². The number of anilines is 1. The lowest BCUT2D eigenvalue weighted by Gasteiger charge is -2.25. The highest BCUT2D eigenvalue weighted by molar-refractivity contribution is 7.80. The quantitative estimate of drug-likeness (QED) is 0.366. The first-order valence-corrected chi connectivity index (χ1v) is 11.0. The van der Waals surface area contributed by atoms with E-state index < -0.39 is 10.4 Å². The maximum absolute atomic E-state index is 9.22. The lowest BCUT2D eigenvalue weighted by atomic mass is 10.2. The van der Waals surface area contributed by atoms with Crippen LogP contribution in [0, 0.1) is 6.92 Å². The Morgan fingerprint density at radius 1 is 1.10 bits per heavy atom.